The summed E-state index contributed by atoms with van der Waals surface area (Å²) in [6.07, 6.45) is 10.3. The van der Waals surface area contributed by atoms with Crippen molar-refractivity contribution in [2.24, 2.45) is 28.6 Å². The molecular formula is C21H34O3. The van der Waals surface area contributed by atoms with Crippen LogP contribution in [0.15, 0.2) is 0 Å². The number of rotatable bonds is 1. The maximum Gasteiger partial charge on any atom is 0.303 e. The van der Waals surface area contributed by atoms with Crippen molar-refractivity contribution in [1.82, 2.24) is 0 Å². The van der Waals surface area contributed by atoms with Gasteiger partial charge in [0.25, 0.3) is 0 Å². The summed E-state index contributed by atoms with van der Waals surface area (Å²) in [6.45, 7) is 9.69. The Morgan fingerprint density at radius 1 is 1.04 bits per heavy atom. The molecule has 3 aliphatic carbocycles. The Morgan fingerprint density at radius 3 is 2.58 bits per heavy atom. The second-order valence-corrected chi connectivity index (χ2v) is 9.90. The lowest BCUT2D eigenvalue weighted by Crippen LogP contribution is -2.60. The Hall–Kier alpha value is -0.570. The number of hydrogen-bond donors (Lipinski definition) is 0. The molecule has 4 aliphatic rings. The molecule has 0 aromatic rings. The van der Waals surface area contributed by atoms with Gasteiger partial charge >= 0.3 is 5.97 Å². The van der Waals surface area contributed by atoms with Gasteiger partial charge in [-0.3, -0.25) is 4.79 Å². The number of hydrogen-bond acceptors (Lipinski definition) is 3. The standard InChI is InChI=1S/C21H34O3/c1-14(22)24-21(4)10-5-9-20(3)16-8-11-19(2)12-13-23-18(19)15(16)6-7-17(20)21/h15-18H,5-13H2,1-4H3/t15-,16+,17?,18+,19-,20-,21-/m1/s1. The Balaban J connectivity index is 1.64. The summed E-state index contributed by atoms with van der Waals surface area (Å²) in [5, 5.41) is 0. The summed E-state index contributed by atoms with van der Waals surface area (Å²) in [4.78, 5) is 11.7. The van der Waals surface area contributed by atoms with Crippen LogP contribution >= 0.6 is 0 Å². The fourth-order valence-electron chi connectivity index (χ4n) is 7.51. The normalized spacial score (nSPS) is 53.7. The molecule has 0 N–H and O–H groups in total. The predicted molar refractivity (Wildman–Crippen MR) is 93.5 cm³/mol. The molecule has 0 aromatic carbocycles. The van der Waals surface area contributed by atoms with Gasteiger partial charge in [0.1, 0.15) is 5.60 Å². The van der Waals surface area contributed by atoms with Crippen LogP contribution < -0.4 is 0 Å². The van der Waals surface area contributed by atoms with Crippen LogP contribution in [0.5, 0.6) is 0 Å². The van der Waals surface area contributed by atoms with E-state index in [1.807, 2.05) is 0 Å². The molecule has 3 nitrogen and oxygen atoms in total. The van der Waals surface area contributed by atoms with Gasteiger partial charge in [0.15, 0.2) is 0 Å². The maximum atomic E-state index is 11.7. The van der Waals surface area contributed by atoms with Crippen molar-refractivity contribution < 1.29 is 14.3 Å². The van der Waals surface area contributed by atoms with Crippen molar-refractivity contribution in [3.8, 4) is 0 Å². The van der Waals surface area contributed by atoms with E-state index in [4.69, 9.17) is 9.47 Å². The Kier molecular flexibility index (Phi) is 3.84. The highest BCUT2D eigenvalue weighted by Crippen LogP contribution is 2.65. The Labute approximate surface area is 146 Å². The van der Waals surface area contributed by atoms with Crippen LogP contribution in [0.4, 0.5) is 0 Å². The molecule has 4 rings (SSSR count). The second kappa shape index (κ2) is 5.46. The smallest absolute Gasteiger partial charge is 0.303 e. The number of fused-ring (bicyclic) bond motifs is 5. The molecule has 3 saturated carbocycles. The SMILES string of the molecule is CC(=O)O[C@]1(C)CCC[C@@]2(C)C1CC[C@H]1[C@@H]3OCC[C@@]3(C)CC[C@@H]12. The van der Waals surface area contributed by atoms with E-state index < -0.39 is 0 Å². The molecule has 3 heteroatoms. The van der Waals surface area contributed by atoms with Crippen LogP contribution in [0, 0.1) is 28.6 Å². The van der Waals surface area contributed by atoms with E-state index >= 15 is 0 Å². The first-order chi connectivity index (χ1) is 11.3. The van der Waals surface area contributed by atoms with E-state index in [2.05, 4.69) is 20.8 Å². The zero-order valence-electron chi connectivity index (χ0n) is 15.9. The van der Waals surface area contributed by atoms with Gasteiger partial charge in [0, 0.05) is 19.4 Å². The molecule has 4 fully saturated rings. The molecule has 0 aromatic heterocycles. The van der Waals surface area contributed by atoms with Crippen LogP contribution in [0.1, 0.15) is 79.1 Å². The molecule has 0 amide bonds. The van der Waals surface area contributed by atoms with Crippen LogP contribution in [-0.2, 0) is 14.3 Å². The van der Waals surface area contributed by atoms with Gasteiger partial charge in [-0.15, -0.1) is 0 Å². The fourth-order valence-corrected chi connectivity index (χ4v) is 7.51. The minimum atomic E-state index is -0.263. The third kappa shape index (κ3) is 2.29. The molecule has 1 heterocycles. The van der Waals surface area contributed by atoms with E-state index in [9.17, 15) is 4.79 Å². The molecular weight excluding hydrogens is 300 g/mol. The Bertz CT molecular complexity index is 531. The van der Waals surface area contributed by atoms with Gasteiger partial charge in [0.05, 0.1) is 6.10 Å². The highest BCUT2D eigenvalue weighted by atomic mass is 16.6. The highest BCUT2D eigenvalue weighted by molar-refractivity contribution is 5.66. The van der Waals surface area contributed by atoms with Crippen LogP contribution in [0.25, 0.3) is 0 Å². The van der Waals surface area contributed by atoms with Gasteiger partial charge in [-0.05, 0) is 81.0 Å². The number of ether oxygens (including phenoxy) is 2. The quantitative estimate of drug-likeness (QED) is 0.650. The molecule has 1 aliphatic heterocycles. The first-order valence-electron chi connectivity index (χ1n) is 10.1. The molecule has 24 heavy (non-hydrogen) atoms. The number of carbonyl (C=O) groups excluding carboxylic acids is 1. The summed E-state index contributed by atoms with van der Waals surface area (Å²) in [7, 11) is 0. The first kappa shape index (κ1) is 16.9. The van der Waals surface area contributed by atoms with E-state index in [0.29, 0.717) is 28.8 Å². The Morgan fingerprint density at radius 2 is 1.83 bits per heavy atom. The minimum Gasteiger partial charge on any atom is -0.459 e. The average Bonchev–Trinajstić information content (AvgIpc) is 2.87. The van der Waals surface area contributed by atoms with Crippen molar-refractivity contribution in [2.75, 3.05) is 6.61 Å². The fraction of sp³-hybridized carbons (Fsp3) is 0.952. The summed E-state index contributed by atoms with van der Waals surface area (Å²) in [5.74, 6) is 1.85. The lowest BCUT2D eigenvalue weighted by Gasteiger charge is -2.62. The zero-order chi connectivity index (χ0) is 17.2. The molecule has 136 valence electrons. The third-order valence-corrected chi connectivity index (χ3v) is 8.52. The van der Waals surface area contributed by atoms with Crippen molar-refractivity contribution >= 4 is 5.97 Å². The maximum absolute atomic E-state index is 11.7. The summed E-state index contributed by atoms with van der Waals surface area (Å²) in [5.41, 5.74) is 0.456. The van der Waals surface area contributed by atoms with Crippen molar-refractivity contribution in [2.45, 2.75) is 90.8 Å². The monoisotopic (exact) mass is 334 g/mol. The van der Waals surface area contributed by atoms with Gasteiger partial charge in [-0.25, -0.2) is 0 Å². The van der Waals surface area contributed by atoms with E-state index in [1.54, 1.807) is 6.92 Å². The van der Waals surface area contributed by atoms with E-state index in [0.717, 1.165) is 18.9 Å². The van der Waals surface area contributed by atoms with Gasteiger partial charge < -0.3 is 9.47 Å². The van der Waals surface area contributed by atoms with Crippen LogP contribution in [-0.4, -0.2) is 24.3 Å². The largest absolute Gasteiger partial charge is 0.459 e. The lowest BCUT2D eigenvalue weighted by molar-refractivity contribution is -0.206. The molecule has 0 spiro atoms. The molecule has 7 atom stereocenters. The third-order valence-electron chi connectivity index (χ3n) is 8.52. The topological polar surface area (TPSA) is 35.5 Å². The average molecular weight is 335 g/mol. The predicted octanol–water partition coefficient (Wildman–Crippen LogP) is 4.73. The van der Waals surface area contributed by atoms with Crippen molar-refractivity contribution in [3.05, 3.63) is 0 Å². The summed E-state index contributed by atoms with van der Waals surface area (Å²) >= 11 is 0. The molecule has 0 radical (unpaired) electrons. The summed E-state index contributed by atoms with van der Waals surface area (Å²) in [6, 6.07) is 0. The number of esters is 1. The van der Waals surface area contributed by atoms with Crippen molar-refractivity contribution in [3.63, 3.8) is 0 Å². The van der Waals surface area contributed by atoms with Crippen molar-refractivity contribution in [1.29, 1.82) is 0 Å². The molecule has 1 saturated heterocycles. The number of carbonyl (C=O) groups is 1. The van der Waals surface area contributed by atoms with Gasteiger partial charge in [0.2, 0.25) is 0 Å². The molecule has 1 unspecified atom stereocenters. The minimum absolute atomic E-state index is 0.112. The lowest BCUT2D eigenvalue weighted by atomic mass is 9.44. The molecule has 0 bridgehead atoms. The van der Waals surface area contributed by atoms with Crippen LogP contribution in [0.2, 0.25) is 0 Å². The van der Waals surface area contributed by atoms with Crippen LogP contribution in [0.3, 0.4) is 0 Å². The van der Waals surface area contributed by atoms with E-state index in [-0.39, 0.29) is 11.6 Å². The highest BCUT2D eigenvalue weighted by Gasteiger charge is 2.62. The first-order valence-corrected chi connectivity index (χ1v) is 10.1. The van der Waals surface area contributed by atoms with Gasteiger partial charge in [-0.1, -0.05) is 13.8 Å². The van der Waals surface area contributed by atoms with E-state index in [1.165, 1.54) is 44.9 Å². The summed E-state index contributed by atoms with van der Waals surface area (Å²) < 4.78 is 12.2. The zero-order valence-corrected chi connectivity index (χ0v) is 15.9. The van der Waals surface area contributed by atoms with Gasteiger partial charge in [-0.2, -0.15) is 0 Å². The second-order valence-electron chi connectivity index (χ2n) is 9.90.